The lowest BCUT2D eigenvalue weighted by Gasteiger charge is -2.15. The van der Waals surface area contributed by atoms with Gasteiger partial charge in [-0.3, -0.25) is 9.36 Å². The topological polar surface area (TPSA) is 38.1 Å². The number of para-hydroxylation sites is 1. The fourth-order valence-corrected chi connectivity index (χ4v) is 3.46. The van der Waals surface area contributed by atoms with Crippen molar-refractivity contribution < 1.29 is 0 Å². The molecule has 124 valence electrons. The second-order valence-corrected chi connectivity index (χ2v) is 6.89. The quantitative estimate of drug-likeness (QED) is 0.510. The maximum absolute atomic E-state index is 12.9. The van der Waals surface area contributed by atoms with Crippen molar-refractivity contribution in [2.45, 2.75) is 17.5 Å². The van der Waals surface area contributed by atoms with Crippen molar-refractivity contribution in [2.75, 3.05) is 20.6 Å². The van der Waals surface area contributed by atoms with Crippen molar-refractivity contribution in [3.63, 3.8) is 0 Å². The highest BCUT2D eigenvalue weighted by Gasteiger charge is 2.11. The molecule has 0 spiro atoms. The lowest BCUT2D eigenvalue weighted by atomic mass is 10.2. The fourth-order valence-electron chi connectivity index (χ4n) is 2.48. The van der Waals surface area contributed by atoms with E-state index in [2.05, 4.69) is 17.0 Å². The van der Waals surface area contributed by atoms with Gasteiger partial charge in [-0.1, -0.05) is 54.2 Å². The van der Waals surface area contributed by atoms with Crippen LogP contribution in [0.15, 0.2) is 64.5 Å². The molecule has 0 aliphatic heterocycles. The van der Waals surface area contributed by atoms with Crippen LogP contribution in [0.2, 0.25) is 0 Å². The van der Waals surface area contributed by atoms with E-state index in [9.17, 15) is 4.79 Å². The van der Waals surface area contributed by atoms with Crippen molar-refractivity contribution >= 4 is 22.7 Å². The van der Waals surface area contributed by atoms with E-state index in [-0.39, 0.29) is 5.56 Å². The Kier molecular flexibility index (Phi) is 5.33. The minimum absolute atomic E-state index is 0.0398. The Morgan fingerprint density at radius 3 is 2.50 bits per heavy atom. The fraction of sp³-hybridized carbons (Fsp3) is 0.263. The highest BCUT2D eigenvalue weighted by Crippen LogP contribution is 2.22. The van der Waals surface area contributed by atoms with Gasteiger partial charge in [0.2, 0.25) is 0 Å². The molecule has 4 nitrogen and oxygen atoms in total. The maximum Gasteiger partial charge on any atom is 0.262 e. The van der Waals surface area contributed by atoms with E-state index in [1.807, 2.05) is 56.6 Å². The Bertz CT molecular complexity index is 875. The molecule has 3 aromatic rings. The summed E-state index contributed by atoms with van der Waals surface area (Å²) >= 11 is 1.61. The number of hydrogen-bond acceptors (Lipinski definition) is 4. The number of thioether (sulfide) groups is 1. The van der Waals surface area contributed by atoms with Crippen molar-refractivity contribution in [3.05, 3.63) is 70.5 Å². The highest BCUT2D eigenvalue weighted by atomic mass is 32.2. The van der Waals surface area contributed by atoms with E-state index in [0.717, 1.165) is 23.0 Å². The molecule has 1 aromatic heterocycles. The number of hydrogen-bond donors (Lipinski definition) is 0. The molecule has 0 saturated heterocycles. The van der Waals surface area contributed by atoms with Gasteiger partial charge in [0, 0.05) is 18.8 Å². The van der Waals surface area contributed by atoms with Crippen LogP contribution in [0.3, 0.4) is 0 Å². The summed E-state index contributed by atoms with van der Waals surface area (Å²) in [6, 6.07) is 17.8. The van der Waals surface area contributed by atoms with E-state index < -0.39 is 0 Å². The number of aromatic nitrogens is 2. The molecule has 0 fully saturated rings. The van der Waals surface area contributed by atoms with Gasteiger partial charge in [-0.2, -0.15) is 0 Å². The molecule has 0 unspecified atom stereocenters. The van der Waals surface area contributed by atoms with Crippen LogP contribution in [0.5, 0.6) is 0 Å². The first-order valence-electron chi connectivity index (χ1n) is 7.96. The number of fused-ring (bicyclic) bond motifs is 1. The molecule has 5 heteroatoms. The smallest absolute Gasteiger partial charge is 0.262 e. The molecular weight excluding hydrogens is 318 g/mol. The minimum atomic E-state index is 0.0398. The predicted octanol–water partition coefficient (Wildman–Crippen LogP) is 3.25. The van der Waals surface area contributed by atoms with Crippen LogP contribution in [0.25, 0.3) is 10.9 Å². The zero-order valence-corrected chi connectivity index (χ0v) is 14.8. The normalized spacial score (nSPS) is 11.3. The second-order valence-electron chi connectivity index (χ2n) is 5.95. The first kappa shape index (κ1) is 16.7. The zero-order chi connectivity index (χ0) is 16.9. The molecule has 0 radical (unpaired) electrons. The summed E-state index contributed by atoms with van der Waals surface area (Å²) in [6.45, 7) is 1.44. The molecule has 0 aliphatic carbocycles. The Morgan fingerprint density at radius 2 is 1.75 bits per heavy atom. The van der Waals surface area contributed by atoms with Crippen LogP contribution in [-0.2, 0) is 12.3 Å². The Labute approximate surface area is 146 Å². The van der Waals surface area contributed by atoms with Gasteiger partial charge in [0.25, 0.3) is 5.56 Å². The van der Waals surface area contributed by atoms with Gasteiger partial charge in [0.1, 0.15) is 0 Å². The summed E-state index contributed by atoms with van der Waals surface area (Å²) in [7, 11) is 4.02. The monoisotopic (exact) mass is 339 g/mol. The largest absolute Gasteiger partial charge is 0.308 e. The average Bonchev–Trinajstić information content (AvgIpc) is 2.60. The molecule has 0 N–H and O–H groups in total. The molecule has 0 atom stereocenters. The standard InChI is InChI=1S/C19H21N3OS/c1-21(2)12-13-22-18(23)16-10-6-7-11-17(16)20-19(22)24-14-15-8-4-3-5-9-15/h3-11H,12-14H2,1-2H3. The van der Waals surface area contributed by atoms with E-state index in [1.165, 1.54) is 5.56 Å². The van der Waals surface area contributed by atoms with Crippen LogP contribution >= 0.6 is 11.8 Å². The molecule has 0 saturated carbocycles. The van der Waals surface area contributed by atoms with Crippen LogP contribution in [0, 0.1) is 0 Å². The SMILES string of the molecule is CN(C)CCn1c(SCc2ccccc2)nc2ccccc2c1=O. The molecule has 24 heavy (non-hydrogen) atoms. The van der Waals surface area contributed by atoms with Gasteiger partial charge in [0.15, 0.2) is 5.16 Å². The van der Waals surface area contributed by atoms with Gasteiger partial charge in [-0.15, -0.1) is 0 Å². The summed E-state index contributed by atoms with van der Waals surface area (Å²) in [5.41, 5.74) is 2.03. The molecule has 1 heterocycles. The third-order valence-corrected chi connectivity index (χ3v) is 4.86. The summed E-state index contributed by atoms with van der Waals surface area (Å²) in [5, 5.41) is 1.46. The zero-order valence-electron chi connectivity index (χ0n) is 14.0. The second kappa shape index (κ2) is 7.64. The third-order valence-electron chi connectivity index (χ3n) is 3.81. The lowest BCUT2D eigenvalue weighted by Crippen LogP contribution is -2.28. The van der Waals surface area contributed by atoms with Gasteiger partial charge in [0.05, 0.1) is 10.9 Å². The van der Waals surface area contributed by atoms with Crippen molar-refractivity contribution in [1.82, 2.24) is 14.5 Å². The molecule has 2 aromatic carbocycles. The van der Waals surface area contributed by atoms with Crippen LogP contribution in [0.4, 0.5) is 0 Å². The van der Waals surface area contributed by atoms with E-state index in [4.69, 9.17) is 4.98 Å². The third kappa shape index (κ3) is 3.86. The summed E-state index contributed by atoms with van der Waals surface area (Å²) < 4.78 is 1.80. The van der Waals surface area contributed by atoms with E-state index >= 15 is 0 Å². The van der Waals surface area contributed by atoms with Crippen molar-refractivity contribution in [2.24, 2.45) is 0 Å². The summed E-state index contributed by atoms with van der Waals surface area (Å²) in [4.78, 5) is 19.7. The number of benzene rings is 2. The molecule has 3 rings (SSSR count). The summed E-state index contributed by atoms with van der Waals surface area (Å²) in [6.07, 6.45) is 0. The average molecular weight is 339 g/mol. The molecule has 0 amide bonds. The molecule has 0 bridgehead atoms. The highest BCUT2D eigenvalue weighted by molar-refractivity contribution is 7.98. The van der Waals surface area contributed by atoms with E-state index in [1.54, 1.807) is 16.3 Å². The predicted molar refractivity (Wildman–Crippen MR) is 101 cm³/mol. The van der Waals surface area contributed by atoms with Crippen molar-refractivity contribution in [3.8, 4) is 0 Å². The minimum Gasteiger partial charge on any atom is -0.308 e. The first-order chi connectivity index (χ1) is 11.6. The number of rotatable bonds is 6. The van der Waals surface area contributed by atoms with Gasteiger partial charge in [-0.05, 0) is 31.8 Å². The summed E-state index contributed by atoms with van der Waals surface area (Å²) in [5.74, 6) is 0.799. The van der Waals surface area contributed by atoms with Crippen molar-refractivity contribution in [1.29, 1.82) is 0 Å². The van der Waals surface area contributed by atoms with Crippen LogP contribution < -0.4 is 5.56 Å². The van der Waals surface area contributed by atoms with E-state index in [0.29, 0.717) is 11.9 Å². The molecular formula is C19H21N3OS. The first-order valence-corrected chi connectivity index (χ1v) is 8.95. The van der Waals surface area contributed by atoms with Crippen LogP contribution in [0.1, 0.15) is 5.56 Å². The van der Waals surface area contributed by atoms with Gasteiger partial charge < -0.3 is 4.90 Å². The maximum atomic E-state index is 12.9. The van der Waals surface area contributed by atoms with Gasteiger partial charge >= 0.3 is 0 Å². The Balaban J connectivity index is 1.97. The Morgan fingerprint density at radius 1 is 1.04 bits per heavy atom. The molecule has 0 aliphatic rings. The lowest BCUT2D eigenvalue weighted by molar-refractivity contribution is 0.371. The van der Waals surface area contributed by atoms with Gasteiger partial charge in [-0.25, -0.2) is 4.98 Å². The van der Waals surface area contributed by atoms with Crippen LogP contribution in [-0.4, -0.2) is 35.1 Å². The number of nitrogens with zero attached hydrogens (tertiary/aromatic N) is 3. The number of likely N-dealkylation sites (N-methyl/N-ethyl adjacent to an activating group) is 1. The Hall–Kier alpha value is -2.11.